The molecule has 0 spiro atoms. The second-order valence-electron chi connectivity index (χ2n) is 3.10. The van der Waals surface area contributed by atoms with E-state index in [4.69, 9.17) is 20.8 Å². The standard InChI is InChI=1S/C9H10F3N3O3/c10-9(11,12)6-2-1-5(7(13)15-17)8(14-6)18-4-3-16/h1-2,16-17H,3-4H2,(H2,13,15). The fourth-order valence-electron chi connectivity index (χ4n) is 1.10. The summed E-state index contributed by atoms with van der Waals surface area (Å²) in [6, 6.07) is 1.65. The fraction of sp³-hybridized carbons (Fsp3) is 0.333. The lowest BCUT2D eigenvalue weighted by Crippen LogP contribution is -2.18. The maximum atomic E-state index is 12.4. The molecular formula is C9H10F3N3O3. The molecule has 0 amide bonds. The number of rotatable bonds is 4. The van der Waals surface area contributed by atoms with E-state index in [1.165, 1.54) is 0 Å². The molecule has 9 heteroatoms. The van der Waals surface area contributed by atoms with Crippen molar-refractivity contribution in [3.63, 3.8) is 0 Å². The number of nitrogens with two attached hydrogens (primary N) is 1. The van der Waals surface area contributed by atoms with Crippen molar-refractivity contribution < 1.29 is 28.2 Å². The minimum absolute atomic E-state index is 0.0982. The summed E-state index contributed by atoms with van der Waals surface area (Å²) >= 11 is 0. The van der Waals surface area contributed by atoms with Gasteiger partial charge in [-0.1, -0.05) is 5.16 Å². The molecule has 0 aliphatic heterocycles. The van der Waals surface area contributed by atoms with E-state index >= 15 is 0 Å². The van der Waals surface area contributed by atoms with Crippen LogP contribution in [0.3, 0.4) is 0 Å². The van der Waals surface area contributed by atoms with Gasteiger partial charge in [0.05, 0.1) is 12.2 Å². The lowest BCUT2D eigenvalue weighted by molar-refractivity contribution is -0.141. The molecule has 0 unspecified atom stereocenters. The van der Waals surface area contributed by atoms with E-state index < -0.39 is 30.2 Å². The summed E-state index contributed by atoms with van der Waals surface area (Å²) < 4.78 is 42.1. The number of aromatic nitrogens is 1. The van der Waals surface area contributed by atoms with E-state index in [-0.39, 0.29) is 12.2 Å². The smallest absolute Gasteiger partial charge is 0.433 e. The Labute approximate surface area is 99.5 Å². The number of ether oxygens (including phenoxy) is 1. The van der Waals surface area contributed by atoms with Gasteiger partial charge in [-0.25, -0.2) is 4.98 Å². The summed E-state index contributed by atoms with van der Waals surface area (Å²) in [6.45, 7) is -0.673. The first-order valence-electron chi connectivity index (χ1n) is 4.70. The van der Waals surface area contributed by atoms with Gasteiger partial charge in [0.1, 0.15) is 12.3 Å². The highest BCUT2D eigenvalue weighted by atomic mass is 19.4. The third-order valence-electron chi connectivity index (χ3n) is 1.86. The molecule has 100 valence electrons. The zero-order valence-electron chi connectivity index (χ0n) is 8.98. The first-order valence-corrected chi connectivity index (χ1v) is 4.70. The van der Waals surface area contributed by atoms with Gasteiger partial charge in [-0.2, -0.15) is 13.2 Å². The number of oxime groups is 1. The number of amidine groups is 1. The summed E-state index contributed by atoms with van der Waals surface area (Å²) in [5.74, 6) is -0.904. The van der Waals surface area contributed by atoms with Crippen LogP contribution in [0.5, 0.6) is 5.88 Å². The monoisotopic (exact) mass is 265 g/mol. The van der Waals surface area contributed by atoms with Crippen LogP contribution in [-0.4, -0.2) is 34.3 Å². The van der Waals surface area contributed by atoms with E-state index in [1.54, 1.807) is 0 Å². The first-order chi connectivity index (χ1) is 8.40. The molecule has 0 atom stereocenters. The molecule has 0 fully saturated rings. The SMILES string of the molecule is NC(=NO)c1ccc(C(F)(F)F)nc1OCCO. The van der Waals surface area contributed by atoms with Crippen molar-refractivity contribution in [2.75, 3.05) is 13.2 Å². The van der Waals surface area contributed by atoms with Crippen molar-refractivity contribution in [3.05, 3.63) is 23.4 Å². The lowest BCUT2D eigenvalue weighted by atomic mass is 10.2. The van der Waals surface area contributed by atoms with E-state index in [2.05, 4.69) is 10.1 Å². The van der Waals surface area contributed by atoms with Crippen LogP contribution in [0.1, 0.15) is 11.3 Å². The first kappa shape index (κ1) is 14.0. The summed E-state index contributed by atoms with van der Waals surface area (Å²) in [7, 11) is 0. The fourth-order valence-corrected chi connectivity index (χ4v) is 1.10. The van der Waals surface area contributed by atoms with E-state index in [9.17, 15) is 13.2 Å². The molecule has 0 aliphatic rings. The van der Waals surface area contributed by atoms with Gasteiger partial charge in [-0.15, -0.1) is 0 Å². The molecule has 0 aliphatic carbocycles. The molecule has 1 aromatic heterocycles. The zero-order chi connectivity index (χ0) is 13.8. The van der Waals surface area contributed by atoms with Gasteiger partial charge in [0.15, 0.2) is 5.84 Å². The molecule has 0 radical (unpaired) electrons. The van der Waals surface area contributed by atoms with E-state index in [1.807, 2.05) is 0 Å². The highest BCUT2D eigenvalue weighted by Gasteiger charge is 2.33. The van der Waals surface area contributed by atoms with Crippen LogP contribution in [-0.2, 0) is 6.18 Å². The largest absolute Gasteiger partial charge is 0.475 e. The molecule has 1 heterocycles. The quantitative estimate of drug-likeness (QED) is 0.320. The van der Waals surface area contributed by atoms with Crippen molar-refractivity contribution in [1.82, 2.24) is 4.98 Å². The maximum absolute atomic E-state index is 12.4. The molecule has 1 aromatic rings. The normalized spacial score (nSPS) is 12.6. The highest BCUT2D eigenvalue weighted by molar-refractivity contribution is 5.99. The van der Waals surface area contributed by atoms with Crippen LogP contribution in [0.25, 0.3) is 0 Å². The van der Waals surface area contributed by atoms with Crippen LogP contribution < -0.4 is 10.5 Å². The van der Waals surface area contributed by atoms with Crippen LogP contribution >= 0.6 is 0 Å². The lowest BCUT2D eigenvalue weighted by Gasteiger charge is -2.12. The van der Waals surface area contributed by atoms with Gasteiger partial charge in [-0.3, -0.25) is 0 Å². The summed E-state index contributed by atoms with van der Waals surface area (Å²) in [5.41, 5.74) is 3.99. The number of alkyl halides is 3. The molecule has 0 saturated heterocycles. The minimum Gasteiger partial charge on any atom is -0.475 e. The average molecular weight is 265 g/mol. The van der Waals surface area contributed by atoms with Gasteiger partial charge < -0.3 is 20.8 Å². The van der Waals surface area contributed by atoms with Crippen molar-refractivity contribution in [2.24, 2.45) is 10.9 Å². The topological polar surface area (TPSA) is 101 Å². The zero-order valence-corrected chi connectivity index (χ0v) is 8.98. The molecule has 6 nitrogen and oxygen atoms in total. The second-order valence-corrected chi connectivity index (χ2v) is 3.10. The van der Waals surface area contributed by atoms with Crippen molar-refractivity contribution >= 4 is 5.84 Å². The Kier molecular flexibility index (Phi) is 4.32. The Morgan fingerprint density at radius 1 is 1.44 bits per heavy atom. The van der Waals surface area contributed by atoms with Crippen LogP contribution in [0.2, 0.25) is 0 Å². The summed E-state index contributed by atoms with van der Waals surface area (Å²) in [4.78, 5) is 3.22. The van der Waals surface area contributed by atoms with E-state index in [0.29, 0.717) is 6.07 Å². The molecular weight excluding hydrogens is 255 g/mol. The molecule has 18 heavy (non-hydrogen) atoms. The number of halogens is 3. The van der Waals surface area contributed by atoms with Crippen LogP contribution in [0, 0.1) is 0 Å². The highest BCUT2D eigenvalue weighted by Crippen LogP contribution is 2.30. The third-order valence-corrected chi connectivity index (χ3v) is 1.86. The number of hydrogen-bond acceptors (Lipinski definition) is 5. The number of hydrogen-bond donors (Lipinski definition) is 3. The van der Waals surface area contributed by atoms with Crippen molar-refractivity contribution in [2.45, 2.75) is 6.18 Å². The number of aliphatic hydroxyl groups is 1. The predicted octanol–water partition coefficient (Wildman–Crippen LogP) is 0.566. The molecule has 0 saturated carbocycles. The van der Waals surface area contributed by atoms with Crippen LogP contribution in [0.4, 0.5) is 13.2 Å². The number of aliphatic hydroxyl groups excluding tert-OH is 1. The Balaban J connectivity index is 3.20. The summed E-state index contributed by atoms with van der Waals surface area (Å²) in [6.07, 6.45) is -4.64. The number of pyridine rings is 1. The van der Waals surface area contributed by atoms with Gasteiger partial charge >= 0.3 is 6.18 Å². The Bertz CT molecular complexity index is 448. The van der Waals surface area contributed by atoms with Crippen molar-refractivity contribution in [3.8, 4) is 5.88 Å². The van der Waals surface area contributed by atoms with Crippen molar-refractivity contribution in [1.29, 1.82) is 0 Å². The van der Waals surface area contributed by atoms with Crippen LogP contribution in [0.15, 0.2) is 17.3 Å². The Hall–Kier alpha value is -2.03. The molecule has 1 rings (SSSR count). The second kappa shape index (κ2) is 5.54. The van der Waals surface area contributed by atoms with Gasteiger partial charge in [-0.05, 0) is 12.1 Å². The molecule has 0 aromatic carbocycles. The predicted molar refractivity (Wildman–Crippen MR) is 54.3 cm³/mol. The molecule has 0 bridgehead atoms. The Morgan fingerprint density at radius 3 is 2.61 bits per heavy atom. The maximum Gasteiger partial charge on any atom is 0.433 e. The summed E-state index contributed by atoms with van der Waals surface area (Å²) in [5, 5.41) is 19.7. The van der Waals surface area contributed by atoms with Gasteiger partial charge in [0.2, 0.25) is 5.88 Å². The van der Waals surface area contributed by atoms with E-state index in [0.717, 1.165) is 6.07 Å². The third kappa shape index (κ3) is 3.23. The Morgan fingerprint density at radius 2 is 2.11 bits per heavy atom. The molecule has 4 N–H and O–H groups in total. The number of nitrogens with zero attached hydrogens (tertiary/aromatic N) is 2. The minimum atomic E-state index is -4.64. The van der Waals surface area contributed by atoms with Gasteiger partial charge in [0, 0.05) is 0 Å². The average Bonchev–Trinajstić information content (AvgIpc) is 2.34. The van der Waals surface area contributed by atoms with Gasteiger partial charge in [0.25, 0.3) is 0 Å².